The molecule has 0 saturated heterocycles. The quantitative estimate of drug-likeness (QED) is 0.754. The summed E-state index contributed by atoms with van der Waals surface area (Å²) in [6.07, 6.45) is 7.28. The highest BCUT2D eigenvalue weighted by atomic mass is 16.3. The number of hydrogen-bond donors (Lipinski definition) is 2. The lowest BCUT2D eigenvalue weighted by atomic mass is 9.46. The Morgan fingerprint density at radius 2 is 2.08 bits per heavy atom. The van der Waals surface area contributed by atoms with Crippen LogP contribution in [-0.2, 0) is 9.59 Å². The molecular weight excluding hydrogens is 316 g/mol. The van der Waals surface area contributed by atoms with E-state index in [-0.39, 0.29) is 35.1 Å². The van der Waals surface area contributed by atoms with Gasteiger partial charge in [0, 0.05) is 18.8 Å². The van der Waals surface area contributed by atoms with Gasteiger partial charge in [0.25, 0.3) is 0 Å². The van der Waals surface area contributed by atoms with Gasteiger partial charge in [0.2, 0.25) is 0 Å². The second kappa shape index (κ2) is 5.75. The molecule has 0 aliphatic heterocycles. The van der Waals surface area contributed by atoms with Crippen LogP contribution in [0.2, 0.25) is 0 Å². The number of aliphatic hydroxyl groups excluding tert-OH is 2. The molecule has 0 aromatic rings. The van der Waals surface area contributed by atoms with E-state index in [4.69, 9.17) is 0 Å². The number of aliphatic hydroxyl groups is 2. The molecule has 0 spiro atoms. The Bertz CT molecular complexity index is 638. The Balaban J connectivity index is 1.70. The lowest BCUT2D eigenvalue weighted by molar-refractivity contribution is -0.144. The molecule has 138 valence electrons. The van der Waals surface area contributed by atoms with E-state index in [2.05, 4.69) is 19.9 Å². The van der Waals surface area contributed by atoms with Crippen molar-refractivity contribution < 1.29 is 19.8 Å². The van der Waals surface area contributed by atoms with E-state index in [0.717, 1.165) is 25.7 Å². The molecule has 3 fully saturated rings. The van der Waals surface area contributed by atoms with Gasteiger partial charge in [-0.1, -0.05) is 25.5 Å². The van der Waals surface area contributed by atoms with E-state index in [9.17, 15) is 19.8 Å². The van der Waals surface area contributed by atoms with Crippen LogP contribution in [0.15, 0.2) is 11.6 Å². The van der Waals surface area contributed by atoms with E-state index >= 15 is 0 Å². The van der Waals surface area contributed by atoms with Crippen LogP contribution in [0.25, 0.3) is 0 Å². The molecule has 3 saturated carbocycles. The summed E-state index contributed by atoms with van der Waals surface area (Å²) < 4.78 is 0. The first-order valence-corrected chi connectivity index (χ1v) is 9.84. The summed E-state index contributed by atoms with van der Waals surface area (Å²) in [4.78, 5) is 24.2. The minimum Gasteiger partial charge on any atom is -0.393 e. The van der Waals surface area contributed by atoms with E-state index in [1.807, 2.05) is 0 Å². The van der Waals surface area contributed by atoms with Gasteiger partial charge in [0.05, 0.1) is 6.10 Å². The largest absolute Gasteiger partial charge is 0.393 e. The molecule has 0 aromatic carbocycles. The highest BCUT2D eigenvalue weighted by molar-refractivity contribution is 5.83. The van der Waals surface area contributed by atoms with Crippen LogP contribution < -0.4 is 0 Å². The van der Waals surface area contributed by atoms with Crippen molar-refractivity contribution in [2.45, 2.75) is 64.9 Å². The Morgan fingerprint density at radius 1 is 1.32 bits per heavy atom. The number of Topliss-reactive ketones (excluding diaryl/α,β-unsaturated/α-hetero) is 2. The molecule has 4 rings (SSSR count). The van der Waals surface area contributed by atoms with Crippen LogP contribution in [0.5, 0.6) is 0 Å². The molecule has 2 N–H and O–H groups in total. The van der Waals surface area contributed by atoms with Crippen molar-refractivity contribution in [1.82, 2.24) is 0 Å². The zero-order chi connectivity index (χ0) is 18.0. The van der Waals surface area contributed by atoms with Crippen LogP contribution in [0, 0.1) is 34.5 Å². The third kappa shape index (κ3) is 2.33. The molecule has 0 amide bonds. The summed E-state index contributed by atoms with van der Waals surface area (Å²) >= 11 is 0. The van der Waals surface area contributed by atoms with Crippen LogP contribution in [0.4, 0.5) is 0 Å². The molecule has 4 aliphatic carbocycles. The normalized spacial score (nSPS) is 49.0. The van der Waals surface area contributed by atoms with Crippen LogP contribution >= 0.6 is 0 Å². The molecule has 4 aliphatic rings. The number of ketones is 2. The Morgan fingerprint density at radius 3 is 2.80 bits per heavy atom. The molecule has 6 unspecified atom stereocenters. The third-order valence-electron chi connectivity index (χ3n) is 8.41. The van der Waals surface area contributed by atoms with Crippen LogP contribution in [0.3, 0.4) is 0 Å². The summed E-state index contributed by atoms with van der Waals surface area (Å²) in [5.74, 6) is 1.15. The van der Waals surface area contributed by atoms with Crippen molar-refractivity contribution in [2.24, 2.45) is 34.5 Å². The third-order valence-corrected chi connectivity index (χ3v) is 8.41. The van der Waals surface area contributed by atoms with Gasteiger partial charge in [-0.2, -0.15) is 0 Å². The first-order valence-electron chi connectivity index (χ1n) is 9.84. The average Bonchev–Trinajstić information content (AvgIpc) is 2.91. The summed E-state index contributed by atoms with van der Waals surface area (Å²) in [5, 5.41) is 20.5. The van der Waals surface area contributed by atoms with Gasteiger partial charge in [-0.25, -0.2) is 0 Å². The second-order valence-electron chi connectivity index (χ2n) is 9.43. The van der Waals surface area contributed by atoms with Crippen molar-refractivity contribution in [1.29, 1.82) is 0 Å². The lowest BCUT2D eigenvalue weighted by Crippen LogP contribution is -2.56. The molecule has 0 bridgehead atoms. The topological polar surface area (TPSA) is 74.6 Å². The molecule has 0 aromatic heterocycles. The number of allylic oxidation sites excluding steroid dienone is 2. The molecular formula is C21H30O4. The van der Waals surface area contributed by atoms with Gasteiger partial charge in [-0.05, 0) is 60.7 Å². The minimum absolute atomic E-state index is 0.0582. The number of carbonyl (C=O) groups is 2. The van der Waals surface area contributed by atoms with Gasteiger partial charge >= 0.3 is 0 Å². The Kier molecular flexibility index (Phi) is 4.01. The molecule has 7 atom stereocenters. The first kappa shape index (κ1) is 17.4. The van der Waals surface area contributed by atoms with Crippen molar-refractivity contribution in [3.8, 4) is 0 Å². The SMILES string of the molecule is CC12CCC(=O)CC1=CCC1C2[C@@H](O)CC2(C)C(C(=O)CO)CCC12. The monoisotopic (exact) mass is 346 g/mol. The maximum Gasteiger partial charge on any atom is 0.161 e. The fourth-order valence-electron chi connectivity index (χ4n) is 7.25. The molecule has 0 heterocycles. The Hall–Kier alpha value is -1.00. The van der Waals surface area contributed by atoms with E-state index in [0.29, 0.717) is 36.9 Å². The highest BCUT2D eigenvalue weighted by Crippen LogP contribution is 2.66. The van der Waals surface area contributed by atoms with Gasteiger partial charge in [0.15, 0.2) is 5.78 Å². The smallest absolute Gasteiger partial charge is 0.161 e. The van der Waals surface area contributed by atoms with Gasteiger partial charge in [-0.15, -0.1) is 0 Å². The fourth-order valence-corrected chi connectivity index (χ4v) is 7.25. The van der Waals surface area contributed by atoms with Gasteiger partial charge in [-0.3, -0.25) is 9.59 Å². The zero-order valence-electron chi connectivity index (χ0n) is 15.3. The molecule has 4 nitrogen and oxygen atoms in total. The van der Waals surface area contributed by atoms with Gasteiger partial charge in [0.1, 0.15) is 12.4 Å². The second-order valence-corrected chi connectivity index (χ2v) is 9.43. The van der Waals surface area contributed by atoms with Crippen LogP contribution in [-0.4, -0.2) is 34.5 Å². The highest BCUT2D eigenvalue weighted by Gasteiger charge is 2.62. The van der Waals surface area contributed by atoms with E-state index in [1.165, 1.54) is 5.57 Å². The van der Waals surface area contributed by atoms with E-state index < -0.39 is 6.10 Å². The summed E-state index contributed by atoms with van der Waals surface area (Å²) in [6.45, 7) is 4.02. The Labute approximate surface area is 149 Å². The standard InChI is InChI=1S/C21H30O4/c1-20-8-7-13(23)9-12(20)3-4-14-15-5-6-16(18(25)11-22)21(15,2)10-17(24)19(14)20/h3,14-17,19,22,24H,4-11H2,1-2H3/t14?,15?,16?,17-,19?,20?,21?/m0/s1. The van der Waals surface area contributed by atoms with Crippen molar-refractivity contribution in [2.75, 3.05) is 6.61 Å². The summed E-state index contributed by atoms with van der Waals surface area (Å²) in [5.41, 5.74) is 0.970. The van der Waals surface area contributed by atoms with Gasteiger partial charge < -0.3 is 10.2 Å². The zero-order valence-corrected chi connectivity index (χ0v) is 15.3. The average molecular weight is 346 g/mol. The van der Waals surface area contributed by atoms with Crippen molar-refractivity contribution in [3.05, 3.63) is 11.6 Å². The predicted octanol–water partition coefficient (Wildman–Crippen LogP) is 2.67. The minimum atomic E-state index is -0.430. The molecule has 0 radical (unpaired) electrons. The molecule has 4 heteroatoms. The maximum absolute atomic E-state index is 12.3. The number of carbonyl (C=O) groups excluding carboxylic acids is 2. The number of hydrogen-bond acceptors (Lipinski definition) is 4. The van der Waals surface area contributed by atoms with E-state index in [1.54, 1.807) is 0 Å². The van der Waals surface area contributed by atoms with Crippen molar-refractivity contribution in [3.63, 3.8) is 0 Å². The first-order chi connectivity index (χ1) is 11.8. The summed E-state index contributed by atoms with van der Waals surface area (Å²) in [7, 11) is 0. The maximum atomic E-state index is 12.3. The van der Waals surface area contributed by atoms with Crippen molar-refractivity contribution >= 4 is 11.6 Å². The lowest BCUT2D eigenvalue weighted by Gasteiger charge is -2.59. The number of fused-ring (bicyclic) bond motifs is 5. The fraction of sp³-hybridized carbons (Fsp3) is 0.810. The summed E-state index contributed by atoms with van der Waals surface area (Å²) in [6, 6.07) is 0. The molecule has 25 heavy (non-hydrogen) atoms. The predicted molar refractivity (Wildman–Crippen MR) is 93.7 cm³/mol. The van der Waals surface area contributed by atoms with Crippen LogP contribution in [0.1, 0.15) is 58.8 Å². The number of rotatable bonds is 2.